The van der Waals surface area contributed by atoms with E-state index in [4.69, 9.17) is 4.74 Å². The molecule has 0 saturated heterocycles. The van der Waals surface area contributed by atoms with E-state index in [1.165, 1.54) is 25.7 Å². The molecule has 1 aliphatic carbocycles. The van der Waals surface area contributed by atoms with Crippen LogP contribution in [0.25, 0.3) is 0 Å². The maximum atomic E-state index is 10.4. The van der Waals surface area contributed by atoms with E-state index < -0.39 is 0 Å². The Hall–Kier alpha value is -0.540. The Balaban J connectivity index is 1.92. The van der Waals surface area contributed by atoms with Crippen molar-refractivity contribution in [2.75, 3.05) is 0 Å². The molecule has 3 heteroatoms. The van der Waals surface area contributed by atoms with Gasteiger partial charge >= 0.3 is 0 Å². The van der Waals surface area contributed by atoms with Crippen molar-refractivity contribution in [3.8, 4) is 5.75 Å². The van der Waals surface area contributed by atoms with E-state index in [1.807, 2.05) is 18.2 Å². The molecular formula is C15H19BrO2. The van der Waals surface area contributed by atoms with Crippen LogP contribution in [0.3, 0.4) is 0 Å². The second-order valence-electron chi connectivity index (χ2n) is 5.60. The second kappa shape index (κ2) is 4.86. The van der Waals surface area contributed by atoms with Gasteiger partial charge in [0.25, 0.3) is 0 Å². The summed E-state index contributed by atoms with van der Waals surface area (Å²) in [5.74, 6) is 0.874. The van der Waals surface area contributed by atoms with Gasteiger partial charge in [-0.15, -0.1) is 0 Å². The third-order valence-electron chi connectivity index (χ3n) is 4.24. The summed E-state index contributed by atoms with van der Waals surface area (Å²) in [6.45, 7) is 0. The number of rotatable bonds is 0. The highest BCUT2D eigenvalue weighted by Crippen LogP contribution is 2.46. The second-order valence-corrected chi connectivity index (χ2v) is 6.52. The van der Waals surface area contributed by atoms with Crippen LogP contribution in [0.4, 0.5) is 0 Å². The highest BCUT2D eigenvalue weighted by molar-refractivity contribution is 9.10. The summed E-state index contributed by atoms with van der Waals surface area (Å²) in [6.07, 6.45) is 7.57. The normalized spacial score (nSPS) is 26.2. The summed E-state index contributed by atoms with van der Waals surface area (Å²) in [5.41, 5.74) is 0.816. The van der Waals surface area contributed by atoms with Gasteiger partial charge in [0.05, 0.1) is 6.10 Å². The van der Waals surface area contributed by atoms with Crippen molar-refractivity contribution in [1.82, 2.24) is 0 Å². The predicted molar refractivity (Wildman–Crippen MR) is 74.8 cm³/mol. The quantitative estimate of drug-likeness (QED) is 0.771. The van der Waals surface area contributed by atoms with Crippen LogP contribution in [0.2, 0.25) is 0 Å². The molecule has 2 aliphatic rings. The average Bonchev–Trinajstić information content (AvgIpc) is 2.56. The summed E-state index contributed by atoms with van der Waals surface area (Å²) in [6, 6.07) is 5.94. The van der Waals surface area contributed by atoms with E-state index in [0.717, 1.165) is 35.0 Å². The van der Waals surface area contributed by atoms with Crippen LogP contribution >= 0.6 is 15.9 Å². The summed E-state index contributed by atoms with van der Waals surface area (Å²) in [5, 5.41) is 10.4. The van der Waals surface area contributed by atoms with Crippen LogP contribution in [-0.4, -0.2) is 10.7 Å². The third kappa shape index (κ3) is 2.30. The van der Waals surface area contributed by atoms with Crippen LogP contribution in [0.1, 0.15) is 56.6 Å². The molecule has 1 atom stereocenters. The summed E-state index contributed by atoms with van der Waals surface area (Å²) < 4.78 is 7.29. The molecule has 1 aliphatic heterocycles. The van der Waals surface area contributed by atoms with Crippen molar-refractivity contribution in [2.24, 2.45) is 0 Å². The number of aliphatic hydroxyl groups excluding tert-OH is 1. The summed E-state index contributed by atoms with van der Waals surface area (Å²) >= 11 is 3.45. The predicted octanol–water partition coefficient (Wildman–Crippen LogP) is 4.36. The topological polar surface area (TPSA) is 29.5 Å². The van der Waals surface area contributed by atoms with Gasteiger partial charge in [-0.2, -0.15) is 0 Å². The van der Waals surface area contributed by atoms with Crippen molar-refractivity contribution < 1.29 is 9.84 Å². The van der Waals surface area contributed by atoms with E-state index >= 15 is 0 Å². The van der Waals surface area contributed by atoms with Crippen molar-refractivity contribution >= 4 is 15.9 Å². The van der Waals surface area contributed by atoms with E-state index in [-0.39, 0.29) is 11.7 Å². The molecule has 0 aromatic heterocycles. The molecule has 2 nitrogen and oxygen atoms in total. The minimum atomic E-state index is -0.385. The highest BCUT2D eigenvalue weighted by atomic mass is 79.9. The van der Waals surface area contributed by atoms with E-state index in [1.54, 1.807) is 0 Å². The Bertz CT molecular complexity index is 436. The molecule has 1 fully saturated rings. The lowest BCUT2D eigenvalue weighted by atomic mass is 9.83. The zero-order chi connectivity index (χ0) is 12.6. The van der Waals surface area contributed by atoms with Crippen molar-refractivity contribution in [1.29, 1.82) is 0 Å². The number of benzene rings is 1. The molecule has 3 rings (SSSR count). The zero-order valence-electron chi connectivity index (χ0n) is 10.5. The van der Waals surface area contributed by atoms with Crippen molar-refractivity contribution in [3.63, 3.8) is 0 Å². The minimum absolute atomic E-state index is 0.114. The Kier molecular flexibility index (Phi) is 3.37. The van der Waals surface area contributed by atoms with Gasteiger partial charge in [0, 0.05) is 16.5 Å². The molecule has 98 valence electrons. The number of fused-ring (bicyclic) bond motifs is 1. The number of ether oxygens (including phenoxy) is 1. The number of halogens is 1. The monoisotopic (exact) mass is 310 g/mol. The fourth-order valence-electron chi connectivity index (χ4n) is 3.29. The lowest BCUT2D eigenvalue weighted by Gasteiger charge is -2.40. The molecule has 1 saturated carbocycles. The smallest absolute Gasteiger partial charge is 0.126 e. The lowest BCUT2D eigenvalue weighted by molar-refractivity contribution is -0.0244. The Morgan fingerprint density at radius 3 is 2.61 bits per heavy atom. The lowest BCUT2D eigenvalue weighted by Crippen LogP contribution is -2.40. The molecule has 0 amide bonds. The maximum absolute atomic E-state index is 10.4. The maximum Gasteiger partial charge on any atom is 0.126 e. The van der Waals surface area contributed by atoms with Crippen molar-refractivity contribution in [3.05, 3.63) is 28.2 Å². The molecule has 1 N–H and O–H groups in total. The first-order valence-corrected chi connectivity index (χ1v) is 7.64. The minimum Gasteiger partial charge on any atom is -0.487 e. The van der Waals surface area contributed by atoms with E-state index in [2.05, 4.69) is 15.9 Å². The molecular weight excluding hydrogens is 292 g/mol. The fraction of sp³-hybridized carbons (Fsp3) is 0.600. The van der Waals surface area contributed by atoms with Crippen molar-refractivity contribution in [2.45, 2.75) is 56.7 Å². The zero-order valence-corrected chi connectivity index (χ0v) is 12.1. The Labute approximate surface area is 116 Å². The molecule has 0 radical (unpaired) electrons. The SMILES string of the molecule is OC1CC2(CCCCCC2)Oc2ccc(Br)cc21. The number of hydrogen-bond acceptors (Lipinski definition) is 2. The van der Waals surface area contributed by atoms with Crippen LogP contribution < -0.4 is 4.74 Å². The molecule has 1 spiro atoms. The Morgan fingerprint density at radius 1 is 1.17 bits per heavy atom. The summed E-state index contributed by atoms with van der Waals surface area (Å²) in [7, 11) is 0. The van der Waals surface area contributed by atoms with E-state index in [0.29, 0.717) is 0 Å². The molecule has 1 unspecified atom stereocenters. The standard InChI is InChI=1S/C15H19BrO2/c16-11-5-6-14-12(9-11)13(17)10-15(18-14)7-3-1-2-4-8-15/h5-6,9,13,17H,1-4,7-8,10H2. The first-order chi connectivity index (χ1) is 8.69. The van der Waals surface area contributed by atoms with Gasteiger partial charge in [0.15, 0.2) is 0 Å². The first kappa shape index (κ1) is 12.5. The molecule has 1 aromatic carbocycles. The molecule has 18 heavy (non-hydrogen) atoms. The van der Waals surface area contributed by atoms with Crippen LogP contribution in [0.5, 0.6) is 5.75 Å². The summed E-state index contributed by atoms with van der Waals surface area (Å²) in [4.78, 5) is 0. The largest absolute Gasteiger partial charge is 0.487 e. The van der Waals surface area contributed by atoms with Gasteiger partial charge in [-0.3, -0.25) is 0 Å². The van der Waals surface area contributed by atoms with Gasteiger partial charge in [0.2, 0.25) is 0 Å². The first-order valence-electron chi connectivity index (χ1n) is 6.85. The number of aliphatic hydroxyl groups is 1. The third-order valence-corrected chi connectivity index (χ3v) is 4.73. The highest BCUT2D eigenvalue weighted by Gasteiger charge is 2.40. The van der Waals surface area contributed by atoms with E-state index in [9.17, 15) is 5.11 Å². The average molecular weight is 311 g/mol. The van der Waals surface area contributed by atoms with Gasteiger partial charge in [-0.05, 0) is 43.9 Å². The van der Waals surface area contributed by atoms with Gasteiger partial charge in [-0.1, -0.05) is 28.8 Å². The molecule has 1 heterocycles. The number of hydrogen-bond donors (Lipinski definition) is 1. The Morgan fingerprint density at radius 2 is 1.89 bits per heavy atom. The van der Waals surface area contributed by atoms with Crippen LogP contribution in [0.15, 0.2) is 22.7 Å². The van der Waals surface area contributed by atoms with Crippen LogP contribution in [0, 0.1) is 0 Å². The van der Waals surface area contributed by atoms with Gasteiger partial charge < -0.3 is 9.84 Å². The van der Waals surface area contributed by atoms with Crippen LogP contribution in [-0.2, 0) is 0 Å². The van der Waals surface area contributed by atoms with Gasteiger partial charge in [0.1, 0.15) is 11.4 Å². The molecule has 1 aromatic rings. The molecule has 0 bridgehead atoms. The fourth-order valence-corrected chi connectivity index (χ4v) is 3.67. The van der Waals surface area contributed by atoms with Gasteiger partial charge in [-0.25, -0.2) is 0 Å².